The standard InChI is InChI=1S/C21H39N3O5/c1-3-4-7-10-16(22-26)13-14-18-17(19(23-27)15-20(18)24-28)11-8-5-6-9-12-21(25)29-2/h5,8,13-14,16-20,22-24,26-28H,3-4,6-7,9-12,15H2,1-2H3/t16-,17+,18+,19-,20+/m0/s1. The van der Waals surface area contributed by atoms with Gasteiger partial charge in [-0.15, -0.1) is 0 Å². The molecule has 0 aliphatic heterocycles. The van der Waals surface area contributed by atoms with Crippen molar-refractivity contribution >= 4 is 5.97 Å². The van der Waals surface area contributed by atoms with Crippen LogP contribution in [0.5, 0.6) is 0 Å². The number of carbonyl (C=O) groups is 1. The van der Waals surface area contributed by atoms with Crippen LogP contribution in [0.15, 0.2) is 24.3 Å². The summed E-state index contributed by atoms with van der Waals surface area (Å²) in [5.74, 6) is -0.106. The predicted molar refractivity (Wildman–Crippen MR) is 111 cm³/mol. The molecule has 0 unspecified atom stereocenters. The number of methoxy groups -OCH3 is 1. The van der Waals surface area contributed by atoms with E-state index in [4.69, 9.17) is 0 Å². The zero-order chi connectivity index (χ0) is 21.5. The van der Waals surface area contributed by atoms with Crippen LogP contribution in [-0.4, -0.2) is 46.8 Å². The second kappa shape index (κ2) is 15.5. The number of nitrogens with one attached hydrogen (secondary N) is 3. The Hall–Kier alpha value is -1.29. The minimum Gasteiger partial charge on any atom is -0.469 e. The van der Waals surface area contributed by atoms with Crippen molar-refractivity contribution in [1.82, 2.24) is 16.4 Å². The molecule has 8 nitrogen and oxygen atoms in total. The van der Waals surface area contributed by atoms with Crippen molar-refractivity contribution in [2.45, 2.75) is 82.8 Å². The summed E-state index contributed by atoms with van der Waals surface area (Å²) in [5.41, 5.74) is 7.10. The summed E-state index contributed by atoms with van der Waals surface area (Å²) >= 11 is 0. The lowest BCUT2D eigenvalue weighted by atomic mass is 9.88. The third-order valence-electron chi connectivity index (χ3n) is 5.72. The highest BCUT2D eigenvalue weighted by Crippen LogP contribution is 2.36. The smallest absolute Gasteiger partial charge is 0.305 e. The van der Waals surface area contributed by atoms with Crippen molar-refractivity contribution in [3.63, 3.8) is 0 Å². The zero-order valence-corrected chi connectivity index (χ0v) is 17.7. The number of rotatable bonds is 15. The Bertz CT molecular complexity index is 501. The number of hydrogen-bond donors (Lipinski definition) is 6. The lowest BCUT2D eigenvalue weighted by molar-refractivity contribution is -0.140. The molecule has 1 saturated carbocycles. The van der Waals surface area contributed by atoms with E-state index in [1.165, 1.54) is 7.11 Å². The number of unbranched alkanes of at least 4 members (excludes halogenated alkanes) is 3. The topological polar surface area (TPSA) is 123 Å². The average molecular weight is 414 g/mol. The molecule has 0 radical (unpaired) electrons. The first-order valence-electron chi connectivity index (χ1n) is 10.7. The predicted octanol–water partition coefficient (Wildman–Crippen LogP) is 3.09. The summed E-state index contributed by atoms with van der Waals surface area (Å²) in [7, 11) is 1.39. The lowest BCUT2D eigenvalue weighted by Gasteiger charge is -2.23. The monoisotopic (exact) mass is 413 g/mol. The van der Waals surface area contributed by atoms with E-state index in [1.807, 2.05) is 18.2 Å². The van der Waals surface area contributed by atoms with E-state index < -0.39 is 0 Å². The fraction of sp³-hybridized carbons (Fsp3) is 0.762. The second-order valence-electron chi connectivity index (χ2n) is 7.74. The molecule has 0 spiro atoms. The van der Waals surface area contributed by atoms with Crippen molar-refractivity contribution in [3.8, 4) is 0 Å². The molecule has 0 bridgehead atoms. The molecule has 6 N–H and O–H groups in total. The molecule has 0 heterocycles. The van der Waals surface area contributed by atoms with Gasteiger partial charge in [0, 0.05) is 24.5 Å². The molecule has 29 heavy (non-hydrogen) atoms. The van der Waals surface area contributed by atoms with Gasteiger partial charge in [-0.1, -0.05) is 50.5 Å². The maximum absolute atomic E-state index is 11.1. The van der Waals surface area contributed by atoms with Gasteiger partial charge in [-0.05, 0) is 43.9 Å². The number of hydroxylamine groups is 3. The molecular weight excluding hydrogens is 374 g/mol. The largest absolute Gasteiger partial charge is 0.469 e. The SMILES string of the molecule is CCCCC[C@@H](C=C[C@@H]1[C@@H](CC=CCCCC(=O)OC)[C@@H](NO)C[C@H]1NO)NO. The van der Waals surface area contributed by atoms with Crippen LogP contribution in [0.2, 0.25) is 0 Å². The van der Waals surface area contributed by atoms with Gasteiger partial charge >= 0.3 is 5.97 Å². The van der Waals surface area contributed by atoms with Crippen molar-refractivity contribution < 1.29 is 25.2 Å². The Morgan fingerprint density at radius 1 is 1.14 bits per heavy atom. The summed E-state index contributed by atoms with van der Waals surface area (Å²) in [6.45, 7) is 2.14. The summed E-state index contributed by atoms with van der Waals surface area (Å²) in [6, 6.07) is -0.449. The van der Waals surface area contributed by atoms with Crippen LogP contribution in [0.4, 0.5) is 0 Å². The zero-order valence-electron chi connectivity index (χ0n) is 17.7. The van der Waals surface area contributed by atoms with Crippen molar-refractivity contribution in [3.05, 3.63) is 24.3 Å². The van der Waals surface area contributed by atoms with Crippen LogP contribution in [0.1, 0.15) is 64.7 Å². The first-order valence-corrected chi connectivity index (χ1v) is 10.7. The first kappa shape index (κ1) is 25.7. The van der Waals surface area contributed by atoms with Gasteiger partial charge in [0.05, 0.1) is 7.11 Å². The Kier molecular flexibility index (Phi) is 13.8. The number of allylic oxidation sites excluding steroid dienone is 2. The fourth-order valence-electron chi connectivity index (χ4n) is 3.98. The number of carbonyl (C=O) groups excluding carboxylic acids is 1. The summed E-state index contributed by atoms with van der Waals surface area (Å²) in [5, 5.41) is 28.5. The molecule has 168 valence electrons. The van der Waals surface area contributed by atoms with Gasteiger partial charge in [0.2, 0.25) is 0 Å². The highest BCUT2D eigenvalue weighted by atomic mass is 16.5. The maximum atomic E-state index is 11.1. The van der Waals surface area contributed by atoms with Gasteiger partial charge in [-0.2, -0.15) is 5.48 Å². The van der Waals surface area contributed by atoms with Gasteiger partial charge in [0.25, 0.3) is 0 Å². The molecule has 1 aliphatic carbocycles. The van der Waals surface area contributed by atoms with Gasteiger partial charge < -0.3 is 20.4 Å². The quantitative estimate of drug-likeness (QED) is 0.105. The molecule has 0 amide bonds. The normalized spacial score (nSPS) is 25.8. The van der Waals surface area contributed by atoms with Crippen molar-refractivity contribution in [2.75, 3.05) is 7.11 Å². The molecular formula is C21H39N3O5. The number of esters is 1. The van der Waals surface area contributed by atoms with Crippen LogP contribution >= 0.6 is 0 Å². The second-order valence-corrected chi connectivity index (χ2v) is 7.74. The van der Waals surface area contributed by atoms with E-state index in [0.717, 1.165) is 44.9 Å². The van der Waals surface area contributed by atoms with E-state index in [9.17, 15) is 20.4 Å². The molecule has 0 aromatic rings. The fourth-order valence-corrected chi connectivity index (χ4v) is 3.98. The van der Waals surface area contributed by atoms with Gasteiger partial charge in [-0.3, -0.25) is 4.79 Å². The van der Waals surface area contributed by atoms with E-state index in [2.05, 4.69) is 34.2 Å². The van der Waals surface area contributed by atoms with E-state index >= 15 is 0 Å². The third kappa shape index (κ3) is 9.37. The third-order valence-corrected chi connectivity index (χ3v) is 5.72. The van der Waals surface area contributed by atoms with Gasteiger partial charge in [0.15, 0.2) is 0 Å². The van der Waals surface area contributed by atoms with E-state index in [1.54, 1.807) is 0 Å². The molecule has 5 atom stereocenters. The van der Waals surface area contributed by atoms with Crippen LogP contribution < -0.4 is 16.4 Å². The molecule has 0 saturated heterocycles. The summed E-state index contributed by atoms with van der Waals surface area (Å²) in [6.07, 6.45) is 15.5. The maximum Gasteiger partial charge on any atom is 0.305 e. The molecule has 1 aliphatic rings. The van der Waals surface area contributed by atoms with Crippen LogP contribution in [0.3, 0.4) is 0 Å². The number of ether oxygens (including phenoxy) is 1. The molecule has 1 rings (SSSR count). The highest BCUT2D eigenvalue weighted by Gasteiger charge is 2.41. The molecule has 8 heteroatoms. The lowest BCUT2D eigenvalue weighted by Crippen LogP contribution is -2.32. The average Bonchev–Trinajstić information content (AvgIpc) is 3.09. The van der Waals surface area contributed by atoms with Crippen molar-refractivity contribution in [1.29, 1.82) is 0 Å². The minimum atomic E-state index is -0.202. The van der Waals surface area contributed by atoms with Crippen molar-refractivity contribution in [2.24, 2.45) is 11.8 Å². The molecule has 1 fully saturated rings. The van der Waals surface area contributed by atoms with Crippen LogP contribution in [0.25, 0.3) is 0 Å². The Labute approximate surface area is 174 Å². The Balaban J connectivity index is 2.66. The summed E-state index contributed by atoms with van der Waals surface area (Å²) in [4.78, 5) is 11.1. The number of hydrogen-bond acceptors (Lipinski definition) is 8. The van der Waals surface area contributed by atoms with Crippen LogP contribution in [-0.2, 0) is 9.53 Å². The minimum absolute atomic E-state index is 0.00592. The highest BCUT2D eigenvalue weighted by molar-refractivity contribution is 5.69. The first-order chi connectivity index (χ1) is 14.1. The Morgan fingerprint density at radius 2 is 1.90 bits per heavy atom. The van der Waals surface area contributed by atoms with E-state index in [0.29, 0.717) is 12.8 Å². The van der Waals surface area contributed by atoms with Gasteiger partial charge in [-0.25, -0.2) is 11.0 Å². The van der Waals surface area contributed by atoms with Crippen LogP contribution in [0, 0.1) is 11.8 Å². The van der Waals surface area contributed by atoms with E-state index in [-0.39, 0.29) is 35.9 Å². The summed E-state index contributed by atoms with van der Waals surface area (Å²) < 4.78 is 4.63. The molecule has 0 aromatic heterocycles. The van der Waals surface area contributed by atoms with Gasteiger partial charge in [0.1, 0.15) is 0 Å². The Morgan fingerprint density at radius 3 is 2.52 bits per heavy atom. The molecule has 0 aromatic carbocycles.